The molecule has 7 heteroatoms. The lowest BCUT2D eigenvalue weighted by Crippen LogP contribution is -2.38. The average Bonchev–Trinajstić information content (AvgIpc) is 3.39. The monoisotopic (exact) mass is 390 g/mol. The van der Waals surface area contributed by atoms with E-state index in [0.29, 0.717) is 18.0 Å². The Balaban J connectivity index is 1.94. The number of carbonyl (C=O) groups excluding carboxylic acids is 2. The minimum absolute atomic E-state index is 0.194. The van der Waals surface area contributed by atoms with Gasteiger partial charge in [0, 0.05) is 18.0 Å². The molecule has 1 amide bonds. The fourth-order valence-corrected chi connectivity index (χ4v) is 4.71. The van der Waals surface area contributed by atoms with Crippen molar-refractivity contribution in [2.75, 3.05) is 26.2 Å². The minimum Gasteiger partial charge on any atom is -0.503 e. The van der Waals surface area contributed by atoms with Crippen molar-refractivity contribution in [3.63, 3.8) is 0 Å². The number of amides is 1. The molecule has 3 heterocycles. The van der Waals surface area contributed by atoms with Crippen molar-refractivity contribution < 1.29 is 14.7 Å². The Hall–Kier alpha value is -1.96. The summed E-state index contributed by atoms with van der Waals surface area (Å²) in [5, 5.41) is 14.3. The molecule has 1 aliphatic heterocycles. The van der Waals surface area contributed by atoms with Gasteiger partial charge in [-0.05, 0) is 36.0 Å². The van der Waals surface area contributed by atoms with Crippen LogP contribution in [0.5, 0.6) is 0 Å². The number of nitrogens with zero attached hydrogens (tertiary/aromatic N) is 2. The van der Waals surface area contributed by atoms with Gasteiger partial charge in [-0.1, -0.05) is 26.0 Å². The molecule has 5 nitrogen and oxygen atoms in total. The smallest absolute Gasteiger partial charge is 0.290 e. The maximum absolute atomic E-state index is 13.0. The van der Waals surface area contributed by atoms with Crippen LogP contribution in [0.2, 0.25) is 0 Å². The van der Waals surface area contributed by atoms with E-state index < -0.39 is 17.7 Å². The van der Waals surface area contributed by atoms with Crippen LogP contribution < -0.4 is 0 Å². The normalized spacial score (nSPS) is 17.6. The maximum Gasteiger partial charge on any atom is 0.290 e. The molecule has 26 heavy (non-hydrogen) atoms. The number of thiophene rings is 2. The van der Waals surface area contributed by atoms with Crippen LogP contribution in [-0.2, 0) is 4.79 Å². The van der Waals surface area contributed by atoms with Gasteiger partial charge in [-0.3, -0.25) is 9.59 Å². The lowest BCUT2D eigenvalue weighted by molar-refractivity contribution is -0.129. The van der Waals surface area contributed by atoms with Crippen molar-refractivity contribution in [2.24, 2.45) is 0 Å². The zero-order valence-corrected chi connectivity index (χ0v) is 16.5. The summed E-state index contributed by atoms with van der Waals surface area (Å²) in [5.74, 6) is -1.15. The van der Waals surface area contributed by atoms with E-state index in [1.54, 1.807) is 17.0 Å². The molecule has 0 fully saturated rings. The summed E-state index contributed by atoms with van der Waals surface area (Å²) in [6, 6.07) is 6.81. The second kappa shape index (κ2) is 8.16. The van der Waals surface area contributed by atoms with E-state index in [4.69, 9.17) is 0 Å². The summed E-state index contributed by atoms with van der Waals surface area (Å²) in [7, 11) is 0. The summed E-state index contributed by atoms with van der Waals surface area (Å²) >= 11 is 2.81. The lowest BCUT2D eigenvalue weighted by atomic mass is 10.0. The third kappa shape index (κ3) is 3.47. The molecule has 0 saturated heterocycles. The standard InChI is InChI=1S/C19H22N2O3S2/c1-3-20(4-2)9-10-21-16(13-7-5-11-25-13)15(18(23)19(21)24)17(22)14-8-6-12-26-14/h5-8,11-12,16,23H,3-4,9-10H2,1-2H3/t16-/m0/s1. The van der Waals surface area contributed by atoms with Crippen LogP contribution >= 0.6 is 22.7 Å². The van der Waals surface area contributed by atoms with Crippen LogP contribution in [0.4, 0.5) is 0 Å². The molecule has 1 N–H and O–H groups in total. The van der Waals surface area contributed by atoms with Crippen molar-refractivity contribution in [1.29, 1.82) is 0 Å². The minimum atomic E-state index is -0.521. The van der Waals surface area contributed by atoms with Gasteiger partial charge in [0.2, 0.25) is 5.78 Å². The third-order valence-electron chi connectivity index (χ3n) is 4.66. The summed E-state index contributed by atoms with van der Waals surface area (Å²) < 4.78 is 0. The van der Waals surface area contributed by atoms with Gasteiger partial charge < -0.3 is 14.9 Å². The molecule has 0 saturated carbocycles. The molecule has 0 aliphatic carbocycles. The summed E-state index contributed by atoms with van der Waals surface area (Å²) in [6.07, 6.45) is 0. The number of carbonyl (C=O) groups is 2. The third-order valence-corrected chi connectivity index (χ3v) is 6.45. The quantitative estimate of drug-likeness (QED) is 0.698. The molecular formula is C19H22N2O3S2. The molecule has 3 rings (SSSR count). The fourth-order valence-electron chi connectivity index (χ4n) is 3.19. The Morgan fingerprint density at radius 2 is 1.88 bits per heavy atom. The van der Waals surface area contributed by atoms with Crippen molar-refractivity contribution >= 4 is 34.4 Å². The van der Waals surface area contributed by atoms with Gasteiger partial charge in [0.05, 0.1) is 16.5 Å². The van der Waals surface area contributed by atoms with Crippen molar-refractivity contribution in [3.8, 4) is 0 Å². The predicted molar refractivity (Wildman–Crippen MR) is 105 cm³/mol. The number of Topliss-reactive ketones (excluding diaryl/α,β-unsaturated/α-hetero) is 1. The number of aliphatic hydroxyl groups excluding tert-OH is 1. The first-order valence-corrected chi connectivity index (χ1v) is 10.4. The largest absolute Gasteiger partial charge is 0.503 e. The number of aliphatic hydroxyl groups is 1. The van der Waals surface area contributed by atoms with E-state index in [0.717, 1.165) is 18.0 Å². The zero-order chi connectivity index (χ0) is 18.7. The molecule has 138 valence electrons. The van der Waals surface area contributed by atoms with Gasteiger partial charge in [0.25, 0.3) is 5.91 Å². The van der Waals surface area contributed by atoms with Crippen LogP contribution in [0.3, 0.4) is 0 Å². The highest BCUT2D eigenvalue weighted by molar-refractivity contribution is 7.12. The number of likely N-dealkylation sites (N-methyl/N-ethyl adjacent to an activating group) is 1. The van der Waals surface area contributed by atoms with Gasteiger partial charge in [0.15, 0.2) is 5.76 Å². The van der Waals surface area contributed by atoms with Crippen molar-refractivity contribution in [3.05, 3.63) is 56.1 Å². The SMILES string of the molecule is CCN(CC)CCN1C(=O)C(O)=C(C(=O)c2cccs2)[C@@H]1c1cccs1. The topological polar surface area (TPSA) is 60.9 Å². The molecule has 2 aromatic heterocycles. The Bertz CT molecular complexity index is 793. The van der Waals surface area contributed by atoms with Crippen LogP contribution in [0.1, 0.15) is 34.4 Å². The summed E-state index contributed by atoms with van der Waals surface area (Å²) in [5.41, 5.74) is 0.194. The van der Waals surface area contributed by atoms with E-state index in [9.17, 15) is 14.7 Å². The van der Waals surface area contributed by atoms with Crippen LogP contribution in [-0.4, -0.2) is 52.8 Å². The molecule has 1 atom stereocenters. The number of ketones is 1. The van der Waals surface area contributed by atoms with E-state index in [1.807, 2.05) is 22.9 Å². The maximum atomic E-state index is 13.0. The summed E-state index contributed by atoms with van der Waals surface area (Å²) in [6.45, 7) is 7.11. The number of hydrogen-bond donors (Lipinski definition) is 1. The Morgan fingerprint density at radius 1 is 1.19 bits per heavy atom. The highest BCUT2D eigenvalue weighted by atomic mass is 32.1. The van der Waals surface area contributed by atoms with Gasteiger partial charge >= 0.3 is 0 Å². The average molecular weight is 391 g/mol. The molecular weight excluding hydrogens is 368 g/mol. The second-order valence-corrected chi connectivity index (χ2v) is 7.94. The van der Waals surface area contributed by atoms with Crippen molar-refractivity contribution in [1.82, 2.24) is 9.80 Å². The molecule has 0 radical (unpaired) electrons. The van der Waals surface area contributed by atoms with Crippen LogP contribution in [0.15, 0.2) is 46.4 Å². The van der Waals surface area contributed by atoms with Crippen LogP contribution in [0, 0.1) is 0 Å². The molecule has 0 bridgehead atoms. The molecule has 0 unspecified atom stereocenters. The molecule has 0 spiro atoms. The van der Waals surface area contributed by atoms with Gasteiger partial charge in [-0.15, -0.1) is 22.7 Å². The Labute approximate surface area is 161 Å². The van der Waals surface area contributed by atoms with E-state index in [-0.39, 0.29) is 11.4 Å². The lowest BCUT2D eigenvalue weighted by Gasteiger charge is -2.28. The first-order chi connectivity index (χ1) is 12.6. The van der Waals surface area contributed by atoms with Gasteiger partial charge in [0.1, 0.15) is 0 Å². The van der Waals surface area contributed by atoms with Gasteiger partial charge in [-0.2, -0.15) is 0 Å². The fraction of sp³-hybridized carbons (Fsp3) is 0.368. The zero-order valence-electron chi connectivity index (χ0n) is 14.8. The molecule has 1 aliphatic rings. The van der Waals surface area contributed by atoms with Gasteiger partial charge in [-0.25, -0.2) is 0 Å². The highest BCUT2D eigenvalue weighted by Crippen LogP contribution is 2.40. The predicted octanol–water partition coefficient (Wildman–Crippen LogP) is 3.73. The number of hydrogen-bond acceptors (Lipinski definition) is 6. The highest BCUT2D eigenvalue weighted by Gasteiger charge is 2.44. The Morgan fingerprint density at radius 3 is 2.46 bits per heavy atom. The first-order valence-electron chi connectivity index (χ1n) is 8.66. The molecule has 0 aromatic carbocycles. The first kappa shape index (κ1) is 18.8. The van der Waals surface area contributed by atoms with Crippen LogP contribution in [0.25, 0.3) is 0 Å². The second-order valence-electron chi connectivity index (χ2n) is 6.01. The van der Waals surface area contributed by atoms with E-state index >= 15 is 0 Å². The van der Waals surface area contributed by atoms with E-state index in [2.05, 4.69) is 18.7 Å². The number of rotatable bonds is 8. The summed E-state index contributed by atoms with van der Waals surface area (Å²) in [4.78, 5) is 31.0. The van der Waals surface area contributed by atoms with Crippen molar-refractivity contribution in [2.45, 2.75) is 19.9 Å². The Kier molecular flexibility index (Phi) is 5.90. The molecule has 2 aromatic rings. The van der Waals surface area contributed by atoms with E-state index in [1.165, 1.54) is 22.7 Å².